The molecule has 7 nitrogen and oxygen atoms in total. The van der Waals surface area contributed by atoms with Gasteiger partial charge in [0.05, 0.1) is 0 Å². The number of anilines is 1. The van der Waals surface area contributed by atoms with E-state index in [9.17, 15) is 14.4 Å². The zero-order valence-corrected chi connectivity index (χ0v) is 19.3. The van der Waals surface area contributed by atoms with Crippen molar-refractivity contribution in [2.75, 3.05) is 18.9 Å². The average Bonchev–Trinajstić information content (AvgIpc) is 2.72. The third kappa shape index (κ3) is 6.97. The second kappa shape index (κ2) is 10.6. The lowest BCUT2D eigenvalue weighted by atomic mass is 10.0. The van der Waals surface area contributed by atoms with E-state index in [1.54, 1.807) is 51.1 Å². The third-order valence-corrected chi connectivity index (χ3v) is 4.68. The molecule has 1 atom stereocenters. The predicted octanol–water partition coefficient (Wildman–Crippen LogP) is 4.30. The Morgan fingerprint density at radius 3 is 2.44 bits per heavy atom. The van der Waals surface area contributed by atoms with E-state index in [4.69, 9.17) is 4.74 Å². The number of rotatable bonds is 7. The van der Waals surface area contributed by atoms with Crippen LogP contribution < -0.4 is 10.6 Å². The number of para-hydroxylation sites is 1. The summed E-state index contributed by atoms with van der Waals surface area (Å²) in [6.07, 6.45) is 0.972. The summed E-state index contributed by atoms with van der Waals surface area (Å²) in [7, 11) is 1.53. The highest BCUT2D eigenvalue weighted by atomic mass is 16.6. The molecule has 0 bridgehead atoms. The minimum atomic E-state index is -0.914. The normalized spacial score (nSPS) is 11.8. The van der Waals surface area contributed by atoms with E-state index in [1.165, 1.54) is 11.9 Å². The van der Waals surface area contributed by atoms with Crippen LogP contribution in [0, 0.1) is 6.92 Å². The molecule has 2 N–H and O–H groups in total. The highest BCUT2D eigenvalue weighted by Gasteiger charge is 2.29. The van der Waals surface area contributed by atoms with Gasteiger partial charge in [0, 0.05) is 12.7 Å². The number of nitrogens with one attached hydrogen (secondary N) is 2. The standard InChI is InChI=1S/C25H31N3O4/c1-7-18-12-10-13-19(15-18)22(23(30)27-20-14-9-8-11-17(20)2)28(6)21(29)16-26-24(31)32-25(3,4)5/h7-15,22H,1,16H2,2-6H3,(H,26,31)(H,27,30). The summed E-state index contributed by atoms with van der Waals surface area (Å²) in [6.45, 7) is 10.6. The fraction of sp³-hybridized carbons (Fsp3) is 0.320. The Bertz CT molecular complexity index is 995. The van der Waals surface area contributed by atoms with E-state index in [0.29, 0.717) is 11.3 Å². The van der Waals surface area contributed by atoms with Crippen LogP contribution in [0.5, 0.6) is 0 Å². The van der Waals surface area contributed by atoms with Crippen molar-refractivity contribution in [3.8, 4) is 0 Å². The van der Waals surface area contributed by atoms with Gasteiger partial charge in [0.25, 0.3) is 5.91 Å². The molecule has 0 aliphatic heterocycles. The quantitative estimate of drug-likeness (QED) is 0.676. The smallest absolute Gasteiger partial charge is 0.408 e. The molecule has 7 heteroatoms. The van der Waals surface area contributed by atoms with Gasteiger partial charge < -0.3 is 20.3 Å². The monoisotopic (exact) mass is 437 g/mol. The fourth-order valence-corrected chi connectivity index (χ4v) is 3.05. The molecule has 0 aliphatic rings. The second-order valence-electron chi connectivity index (χ2n) is 8.44. The van der Waals surface area contributed by atoms with Gasteiger partial charge in [-0.3, -0.25) is 9.59 Å². The molecule has 170 valence electrons. The molecule has 2 rings (SSSR count). The molecule has 0 spiro atoms. The summed E-state index contributed by atoms with van der Waals surface area (Å²) in [5, 5.41) is 5.35. The van der Waals surface area contributed by atoms with Gasteiger partial charge in [-0.25, -0.2) is 4.79 Å². The number of carbonyl (C=O) groups excluding carboxylic acids is 3. The number of amides is 3. The molecule has 3 amide bonds. The van der Waals surface area contributed by atoms with E-state index in [2.05, 4.69) is 17.2 Å². The summed E-state index contributed by atoms with van der Waals surface area (Å²) in [4.78, 5) is 39.4. The van der Waals surface area contributed by atoms with Crippen LogP contribution in [0.3, 0.4) is 0 Å². The van der Waals surface area contributed by atoms with Crippen LogP contribution in [-0.2, 0) is 14.3 Å². The molecule has 2 aromatic carbocycles. The Hall–Kier alpha value is -3.61. The molecule has 0 saturated carbocycles. The molecule has 0 heterocycles. The molecule has 0 radical (unpaired) electrons. The highest BCUT2D eigenvalue weighted by Crippen LogP contribution is 2.24. The van der Waals surface area contributed by atoms with Gasteiger partial charge in [0.1, 0.15) is 18.2 Å². The lowest BCUT2D eigenvalue weighted by Crippen LogP contribution is -2.44. The van der Waals surface area contributed by atoms with Crippen molar-refractivity contribution in [3.05, 3.63) is 71.8 Å². The predicted molar refractivity (Wildman–Crippen MR) is 126 cm³/mol. The SMILES string of the molecule is C=Cc1cccc(C(C(=O)Nc2ccccc2C)N(C)C(=O)CNC(=O)OC(C)(C)C)c1. The molecule has 1 unspecified atom stereocenters. The van der Waals surface area contributed by atoms with Crippen molar-refractivity contribution in [3.63, 3.8) is 0 Å². The van der Waals surface area contributed by atoms with Crippen LogP contribution in [0.4, 0.5) is 10.5 Å². The molecule has 32 heavy (non-hydrogen) atoms. The van der Waals surface area contributed by atoms with E-state index >= 15 is 0 Å². The number of hydrogen-bond donors (Lipinski definition) is 2. The van der Waals surface area contributed by atoms with Gasteiger partial charge in [-0.1, -0.05) is 49.1 Å². The second-order valence-corrected chi connectivity index (χ2v) is 8.44. The summed E-state index contributed by atoms with van der Waals surface area (Å²) in [6, 6.07) is 13.7. The first kappa shape index (κ1) is 24.7. The molecule has 0 saturated heterocycles. The molecular weight excluding hydrogens is 406 g/mol. The minimum absolute atomic E-state index is 0.305. The van der Waals surface area contributed by atoms with Crippen molar-refractivity contribution < 1.29 is 19.1 Å². The van der Waals surface area contributed by atoms with E-state index in [1.807, 2.05) is 31.2 Å². The van der Waals surface area contributed by atoms with Crippen LogP contribution in [0.1, 0.15) is 43.5 Å². The van der Waals surface area contributed by atoms with Gasteiger partial charge in [-0.05, 0) is 56.5 Å². The Balaban J connectivity index is 2.26. The summed E-state index contributed by atoms with van der Waals surface area (Å²) >= 11 is 0. The molecule has 0 aliphatic carbocycles. The first-order valence-corrected chi connectivity index (χ1v) is 10.3. The van der Waals surface area contributed by atoms with Crippen molar-refractivity contribution in [2.24, 2.45) is 0 Å². The van der Waals surface area contributed by atoms with Gasteiger partial charge in [-0.2, -0.15) is 0 Å². The van der Waals surface area contributed by atoms with Crippen molar-refractivity contribution in [1.29, 1.82) is 0 Å². The van der Waals surface area contributed by atoms with Crippen LogP contribution in [0.25, 0.3) is 6.08 Å². The number of carbonyl (C=O) groups is 3. The first-order valence-electron chi connectivity index (χ1n) is 10.3. The van der Waals surface area contributed by atoms with Crippen LogP contribution in [0.2, 0.25) is 0 Å². The zero-order chi connectivity index (χ0) is 23.9. The van der Waals surface area contributed by atoms with Gasteiger partial charge in [0.2, 0.25) is 5.91 Å². The number of alkyl carbamates (subject to hydrolysis) is 1. The Labute approximate surface area is 189 Å². The lowest BCUT2D eigenvalue weighted by molar-refractivity contribution is -0.136. The highest BCUT2D eigenvalue weighted by molar-refractivity contribution is 5.98. The van der Waals surface area contributed by atoms with Gasteiger partial charge in [0.15, 0.2) is 0 Å². The number of likely N-dealkylation sites (N-methyl/N-ethyl adjacent to an activating group) is 1. The summed E-state index contributed by atoms with van der Waals surface area (Å²) in [5.41, 5.74) is 2.33. The molecular formula is C25H31N3O4. The Morgan fingerprint density at radius 2 is 1.81 bits per heavy atom. The van der Waals surface area contributed by atoms with Crippen molar-refractivity contribution >= 4 is 29.7 Å². The van der Waals surface area contributed by atoms with E-state index < -0.39 is 23.6 Å². The largest absolute Gasteiger partial charge is 0.444 e. The van der Waals surface area contributed by atoms with Crippen molar-refractivity contribution in [2.45, 2.75) is 39.3 Å². The molecule has 2 aromatic rings. The van der Waals surface area contributed by atoms with Gasteiger partial charge >= 0.3 is 6.09 Å². The van der Waals surface area contributed by atoms with E-state index in [0.717, 1.165) is 11.1 Å². The topological polar surface area (TPSA) is 87.7 Å². The van der Waals surface area contributed by atoms with Crippen LogP contribution in [-0.4, -0.2) is 42.0 Å². The maximum atomic E-state index is 13.3. The fourth-order valence-electron chi connectivity index (χ4n) is 3.05. The molecule has 0 aromatic heterocycles. The maximum absolute atomic E-state index is 13.3. The Morgan fingerprint density at radius 1 is 1.12 bits per heavy atom. The number of nitrogens with zero attached hydrogens (tertiary/aromatic N) is 1. The number of aryl methyl sites for hydroxylation is 1. The third-order valence-electron chi connectivity index (χ3n) is 4.68. The summed E-state index contributed by atoms with van der Waals surface area (Å²) in [5.74, 6) is -0.807. The number of hydrogen-bond acceptors (Lipinski definition) is 4. The molecule has 0 fully saturated rings. The zero-order valence-electron chi connectivity index (χ0n) is 19.3. The van der Waals surface area contributed by atoms with Crippen molar-refractivity contribution in [1.82, 2.24) is 10.2 Å². The van der Waals surface area contributed by atoms with Crippen LogP contribution >= 0.6 is 0 Å². The lowest BCUT2D eigenvalue weighted by Gasteiger charge is -2.28. The Kier molecular flexibility index (Phi) is 8.18. The minimum Gasteiger partial charge on any atom is -0.444 e. The summed E-state index contributed by atoms with van der Waals surface area (Å²) < 4.78 is 5.17. The van der Waals surface area contributed by atoms with E-state index in [-0.39, 0.29) is 12.5 Å². The number of benzene rings is 2. The average molecular weight is 438 g/mol. The van der Waals surface area contributed by atoms with Crippen LogP contribution in [0.15, 0.2) is 55.1 Å². The maximum Gasteiger partial charge on any atom is 0.408 e. The number of ether oxygens (including phenoxy) is 1. The first-order chi connectivity index (χ1) is 15.0. The van der Waals surface area contributed by atoms with Gasteiger partial charge in [-0.15, -0.1) is 0 Å².